The van der Waals surface area contributed by atoms with Crippen LogP contribution in [-0.2, 0) is 10.9 Å². The third-order valence-electron chi connectivity index (χ3n) is 3.00. The molecule has 0 spiro atoms. The van der Waals surface area contributed by atoms with Gasteiger partial charge in [-0.25, -0.2) is 14.2 Å². The zero-order chi connectivity index (χ0) is 18.8. The zero-order valence-corrected chi connectivity index (χ0v) is 12.4. The van der Waals surface area contributed by atoms with Gasteiger partial charge < -0.3 is 10.1 Å². The van der Waals surface area contributed by atoms with Gasteiger partial charge >= 0.3 is 17.8 Å². The maximum atomic E-state index is 13.8. The van der Waals surface area contributed by atoms with Crippen LogP contribution in [0.25, 0.3) is 0 Å². The fourth-order valence-electron chi connectivity index (χ4n) is 1.85. The van der Waals surface area contributed by atoms with Crippen LogP contribution in [0, 0.1) is 15.9 Å². The van der Waals surface area contributed by atoms with Gasteiger partial charge in [-0.2, -0.15) is 13.2 Å². The van der Waals surface area contributed by atoms with Gasteiger partial charge in [0.25, 0.3) is 0 Å². The summed E-state index contributed by atoms with van der Waals surface area (Å²) < 4.78 is 56.3. The van der Waals surface area contributed by atoms with E-state index in [1.807, 2.05) is 0 Å². The molecule has 11 heteroatoms. The highest BCUT2D eigenvalue weighted by Crippen LogP contribution is 2.33. The average molecular weight is 359 g/mol. The number of aromatic nitrogens is 1. The molecular weight excluding hydrogens is 350 g/mol. The van der Waals surface area contributed by atoms with Crippen molar-refractivity contribution >= 4 is 23.2 Å². The molecule has 25 heavy (non-hydrogen) atoms. The molecule has 0 aliphatic rings. The van der Waals surface area contributed by atoms with Crippen LogP contribution in [0.3, 0.4) is 0 Å². The molecular formula is C14H9F4N3O4. The number of alkyl halides is 3. The average Bonchev–Trinajstić information content (AvgIpc) is 2.53. The summed E-state index contributed by atoms with van der Waals surface area (Å²) in [5.74, 6) is -2.69. The lowest BCUT2D eigenvalue weighted by molar-refractivity contribution is -0.384. The number of pyridine rings is 1. The van der Waals surface area contributed by atoms with Crippen LogP contribution in [0.5, 0.6) is 0 Å². The Morgan fingerprint density at radius 2 is 1.96 bits per heavy atom. The number of methoxy groups -OCH3 is 1. The molecule has 1 aromatic carbocycles. The second-order valence-electron chi connectivity index (χ2n) is 4.63. The number of ether oxygens (including phenoxy) is 1. The summed E-state index contributed by atoms with van der Waals surface area (Å²) in [6.07, 6.45) is -4.81. The molecule has 0 radical (unpaired) electrons. The number of carbonyl (C=O) groups excluding carboxylic acids is 1. The number of carbonyl (C=O) groups is 1. The largest absolute Gasteiger partial charge is 0.465 e. The number of rotatable bonds is 4. The van der Waals surface area contributed by atoms with E-state index in [0.717, 1.165) is 25.3 Å². The highest BCUT2D eigenvalue weighted by molar-refractivity contribution is 5.90. The third-order valence-corrected chi connectivity index (χ3v) is 3.00. The smallest absolute Gasteiger partial charge is 0.433 e. The summed E-state index contributed by atoms with van der Waals surface area (Å²) in [7, 11) is 1.05. The summed E-state index contributed by atoms with van der Waals surface area (Å²) in [6, 6.07) is 4.03. The fraction of sp³-hybridized carbons (Fsp3) is 0.143. The van der Waals surface area contributed by atoms with E-state index < -0.39 is 45.6 Å². The first kappa shape index (κ1) is 18.1. The predicted octanol–water partition coefficient (Wildman–Crippen LogP) is 3.68. The highest BCUT2D eigenvalue weighted by Gasteiger charge is 2.34. The minimum Gasteiger partial charge on any atom is -0.465 e. The van der Waals surface area contributed by atoms with Gasteiger partial charge in [0.15, 0.2) is 0 Å². The molecule has 0 aliphatic heterocycles. The second kappa shape index (κ2) is 6.71. The van der Waals surface area contributed by atoms with E-state index in [9.17, 15) is 32.5 Å². The highest BCUT2D eigenvalue weighted by atomic mass is 19.4. The van der Waals surface area contributed by atoms with Crippen LogP contribution in [-0.4, -0.2) is 23.0 Å². The van der Waals surface area contributed by atoms with E-state index in [4.69, 9.17) is 0 Å². The third kappa shape index (κ3) is 4.00. The van der Waals surface area contributed by atoms with Crippen molar-refractivity contribution < 1.29 is 32.0 Å². The van der Waals surface area contributed by atoms with Crippen molar-refractivity contribution in [1.82, 2.24) is 4.98 Å². The van der Waals surface area contributed by atoms with E-state index in [2.05, 4.69) is 15.0 Å². The van der Waals surface area contributed by atoms with Crippen molar-refractivity contribution in [3.63, 3.8) is 0 Å². The molecule has 0 atom stereocenters. The van der Waals surface area contributed by atoms with Gasteiger partial charge in [-0.3, -0.25) is 10.1 Å². The van der Waals surface area contributed by atoms with Crippen molar-refractivity contribution in [1.29, 1.82) is 0 Å². The summed E-state index contributed by atoms with van der Waals surface area (Å²) in [5.41, 5.74) is -2.63. The molecule has 0 saturated carbocycles. The van der Waals surface area contributed by atoms with Crippen LogP contribution in [0.2, 0.25) is 0 Å². The standard InChI is InChI=1S/C14H9F4N3O4/c1-25-13(22)8-3-2-7(6-9(8)15)19-12-10(21(23)24)4-5-11(20-12)14(16,17)18/h2-6H,1H3,(H,19,20). The summed E-state index contributed by atoms with van der Waals surface area (Å²) in [6.45, 7) is 0. The van der Waals surface area contributed by atoms with Crippen LogP contribution in [0.15, 0.2) is 30.3 Å². The first-order valence-corrected chi connectivity index (χ1v) is 6.51. The van der Waals surface area contributed by atoms with E-state index in [-0.39, 0.29) is 5.69 Å². The van der Waals surface area contributed by atoms with Crippen molar-refractivity contribution in [2.75, 3.05) is 12.4 Å². The molecule has 132 valence electrons. The van der Waals surface area contributed by atoms with E-state index in [1.165, 1.54) is 0 Å². The Morgan fingerprint density at radius 3 is 2.48 bits per heavy atom. The molecule has 7 nitrogen and oxygen atoms in total. The summed E-state index contributed by atoms with van der Waals surface area (Å²) in [4.78, 5) is 24.5. The molecule has 0 bridgehead atoms. The summed E-state index contributed by atoms with van der Waals surface area (Å²) >= 11 is 0. The Balaban J connectivity index is 2.43. The number of anilines is 2. The fourth-order valence-corrected chi connectivity index (χ4v) is 1.85. The minimum absolute atomic E-state index is 0.139. The minimum atomic E-state index is -4.81. The topological polar surface area (TPSA) is 94.4 Å². The number of benzene rings is 1. The quantitative estimate of drug-likeness (QED) is 0.387. The molecule has 0 unspecified atom stereocenters. The molecule has 0 saturated heterocycles. The van der Waals surface area contributed by atoms with Gasteiger partial charge in [0.05, 0.1) is 17.6 Å². The number of esters is 1. The molecule has 1 aromatic heterocycles. The lowest BCUT2D eigenvalue weighted by atomic mass is 10.2. The number of hydrogen-bond acceptors (Lipinski definition) is 6. The van der Waals surface area contributed by atoms with Crippen molar-refractivity contribution in [3.8, 4) is 0 Å². The SMILES string of the molecule is COC(=O)c1ccc(Nc2nc(C(F)(F)F)ccc2[N+](=O)[O-])cc1F. The second-order valence-corrected chi connectivity index (χ2v) is 4.63. The molecule has 0 fully saturated rings. The Kier molecular flexibility index (Phi) is 4.86. The van der Waals surface area contributed by atoms with Crippen LogP contribution < -0.4 is 5.32 Å². The van der Waals surface area contributed by atoms with Gasteiger partial charge in [-0.05, 0) is 24.3 Å². The van der Waals surface area contributed by atoms with E-state index in [1.54, 1.807) is 0 Å². The number of nitrogens with zero attached hydrogens (tertiary/aromatic N) is 2. The number of halogens is 4. The Morgan fingerprint density at radius 1 is 1.28 bits per heavy atom. The van der Waals surface area contributed by atoms with Crippen LogP contribution >= 0.6 is 0 Å². The van der Waals surface area contributed by atoms with Crippen molar-refractivity contribution in [3.05, 3.63) is 57.5 Å². The molecule has 0 aliphatic carbocycles. The maximum absolute atomic E-state index is 13.8. The van der Waals surface area contributed by atoms with Gasteiger partial charge in [-0.1, -0.05) is 0 Å². The Labute approximate surface area is 137 Å². The molecule has 0 amide bonds. The van der Waals surface area contributed by atoms with Crippen molar-refractivity contribution in [2.24, 2.45) is 0 Å². The zero-order valence-electron chi connectivity index (χ0n) is 12.4. The Hall–Kier alpha value is -3.24. The first-order valence-electron chi connectivity index (χ1n) is 6.51. The predicted molar refractivity (Wildman–Crippen MR) is 76.9 cm³/mol. The van der Waals surface area contributed by atoms with Crippen LogP contribution in [0.1, 0.15) is 16.1 Å². The van der Waals surface area contributed by atoms with E-state index in [0.29, 0.717) is 12.1 Å². The lowest BCUT2D eigenvalue weighted by Crippen LogP contribution is -2.11. The van der Waals surface area contributed by atoms with Gasteiger partial charge in [0.2, 0.25) is 5.82 Å². The normalized spacial score (nSPS) is 11.1. The number of nitrogens with one attached hydrogen (secondary N) is 1. The molecule has 2 aromatic rings. The first-order chi connectivity index (χ1) is 11.6. The lowest BCUT2D eigenvalue weighted by Gasteiger charge is -2.11. The number of hydrogen-bond donors (Lipinski definition) is 1. The Bertz CT molecular complexity index is 839. The monoisotopic (exact) mass is 359 g/mol. The van der Waals surface area contributed by atoms with Crippen molar-refractivity contribution in [2.45, 2.75) is 6.18 Å². The van der Waals surface area contributed by atoms with Gasteiger partial charge in [-0.15, -0.1) is 0 Å². The molecule has 1 heterocycles. The molecule has 1 N–H and O–H groups in total. The van der Waals surface area contributed by atoms with E-state index >= 15 is 0 Å². The molecule has 2 rings (SSSR count). The van der Waals surface area contributed by atoms with Crippen LogP contribution in [0.4, 0.5) is 34.8 Å². The van der Waals surface area contributed by atoms with Gasteiger partial charge in [0.1, 0.15) is 11.5 Å². The van der Waals surface area contributed by atoms with Gasteiger partial charge in [0, 0.05) is 11.8 Å². The number of nitro groups is 1. The summed E-state index contributed by atoms with van der Waals surface area (Å²) in [5, 5.41) is 13.2. The maximum Gasteiger partial charge on any atom is 0.433 e.